The molecule has 0 spiro atoms. The van der Waals surface area contributed by atoms with Crippen molar-refractivity contribution in [1.29, 1.82) is 0 Å². The summed E-state index contributed by atoms with van der Waals surface area (Å²) < 4.78 is 37.5. The van der Waals surface area contributed by atoms with Gasteiger partial charge in [0.1, 0.15) is 0 Å². The second kappa shape index (κ2) is 5.03. The van der Waals surface area contributed by atoms with E-state index in [1.165, 1.54) is 4.90 Å². The van der Waals surface area contributed by atoms with Crippen LogP contribution in [0.4, 0.5) is 13.2 Å². The van der Waals surface area contributed by atoms with Crippen molar-refractivity contribution in [2.24, 2.45) is 5.92 Å². The predicted octanol–water partition coefficient (Wildman–Crippen LogP) is 2.12. The number of nitrogens with zero attached hydrogens (tertiary/aromatic N) is 1. The van der Waals surface area contributed by atoms with Crippen LogP contribution in [-0.2, 0) is 4.79 Å². The number of carboxylic acid groups (broad SMARTS) is 1. The molecule has 2 unspecified atom stereocenters. The van der Waals surface area contributed by atoms with Crippen LogP contribution in [-0.4, -0.2) is 41.8 Å². The van der Waals surface area contributed by atoms with Gasteiger partial charge in [0.2, 0.25) is 0 Å². The van der Waals surface area contributed by atoms with Gasteiger partial charge in [0.05, 0.1) is 12.5 Å². The summed E-state index contributed by atoms with van der Waals surface area (Å²) in [7, 11) is 1.57. The molecule has 0 amide bonds. The number of likely N-dealkylation sites (N-methyl/N-ethyl adjacent to an activating group) is 1. The minimum atomic E-state index is -4.15. The molecular weight excluding hydrogens is 223 g/mol. The molecule has 0 aromatic carbocycles. The first-order valence-electron chi connectivity index (χ1n) is 5.29. The van der Waals surface area contributed by atoms with E-state index < -0.39 is 18.1 Å². The number of rotatable bonds is 3. The molecule has 16 heavy (non-hydrogen) atoms. The minimum Gasteiger partial charge on any atom is -0.480 e. The average molecular weight is 239 g/mol. The van der Waals surface area contributed by atoms with Gasteiger partial charge in [0.15, 0.2) is 0 Å². The Bertz CT molecular complexity index is 255. The van der Waals surface area contributed by atoms with Crippen molar-refractivity contribution in [3.8, 4) is 0 Å². The van der Waals surface area contributed by atoms with E-state index in [-0.39, 0.29) is 25.4 Å². The highest BCUT2D eigenvalue weighted by atomic mass is 19.4. The lowest BCUT2D eigenvalue weighted by Gasteiger charge is -2.35. The SMILES string of the molecule is CN(CC(=O)O)C1CCCC(C(F)(F)F)C1. The summed E-state index contributed by atoms with van der Waals surface area (Å²) in [4.78, 5) is 12.0. The molecule has 0 aliphatic heterocycles. The number of alkyl halides is 3. The first kappa shape index (κ1) is 13.3. The Morgan fingerprint density at radius 2 is 2.06 bits per heavy atom. The molecule has 1 aliphatic rings. The topological polar surface area (TPSA) is 40.5 Å². The first-order chi connectivity index (χ1) is 7.30. The van der Waals surface area contributed by atoms with E-state index in [0.717, 1.165) is 0 Å². The normalized spacial score (nSPS) is 27.1. The molecule has 1 fully saturated rings. The lowest BCUT2D eigenvalue weighted by molar-refractivity contribution is -0.186. The van der Waals surface area contributed by atoms with Crippen LogP contribution >= 0.6 is 0 Å². The summed E-state index contributed by atoms with van der Waals surface area (Å²) in [5, 5.41) is 8.58. The fourth-order valence-corrected chi connectivity index (χ4v) is 2.20. The van der Waals surface area contributed by atoms with Crippen molar-refractivity contribution in [2.45, 2.75) is 37.9 Å². The number of hydrogen-bond donors (Lipinski definition) is 1. The second-order valence-electron chi connectivity index (χ2n) is 4.37. The monoisotopic (exact) mass is 239 g/mol. The smallest absolute Gasteiger partial charge is 0.391 e. The zero-order valence-electron chi connectivity index (χ0n) is 9.13. The molecule has 1 saturated carbocycles. The Labute approximate surface area is 92.2 Å². The Kier molecular flexibility index (Phi) is 4.18. The molecule has 6 heteroatoms. The fourth-order valence-electron chi connectivity index (χ4n) is 2.20. The van der Waals surface area contributed by atoms with Gasteiger partial charge in [-0.05, 0) is 26.3 Å². The van der Waals surface area contributed by atoms with Crippen LogP contribution in [0, 0.1) is 5.92 Å². The van der Waals surface area contributed by atoms with E-state index in [0.29, 0.717) is 12.8 Å². The lowest BCUT2D eigenvalue weighted by atomic mass is 9.84. The van der Waals surface area contributed by atoms with Crippen LogP contribution in [0.1, 0.15) is 25.7 Å². The summed E-state index contributed by atoms with van der Waals surface area (Å²) in [6.07, 6.45) is -2.80. The van der Waals surface area contributed by atoms with Crippen LogP contribution in [0.25, 0.3) is 0 Å². The Morgan fingerprint density at radius 3 is 2.56 bits per heavy atom. The summed E-state index contributed by atoms with van der Waals surface area (Å²) in [5.41, 5.74) is 0. The van der Waals surface area contributed by atoms with Gasteiger partial charge in [-0.2, -0.15) is 13.2 Å². The minimum absolute atomic E-state index is 0.0211. The quantitative estimate of drug-likeness (QED) is 0.820. The van der Waals surface area contributed by atoms with Crippen LogP contribution < -0.4 is 0 Å². The highest BCUT2D eigenvalue weighted by Gasteiger charge is 2.42. The lowest BCUT2D eigenvalue weighted by Crippen LogP contribution is -2.41. The molecule has 0 aromatic heterocycles. The predicted molar refractivity (Wildman–Crippen MR) is 52.1 cm³/mol. The highest BCUT2D eigenvalue weighted by Crippen LogP contribution is 2.38. The van der Waals surface area contributed by atoms with Gasteiger partial charge < -0.3 is 5.11 Å². The zero-order valence-corrected chi connectivity index (χ0v) is 9.13. The van der Waals surface area contributed by atoms with Gasteiger partial charge >= 0.3 is 12.1 Å². The molecule has 0 heterocycles. The van der Waals surface area contributed by atoms with Gasteiger partial charge in [-0.25, -0.2) is 0 Å². The highest BCUT2D eigenvalue weighted by molar-refractivity contribution is 5.69. The van der Waals surface area contributed by atoms with Gasteiger partial charge in [-0.15, -0.1) is 0 Å². The Morgan fingerprint density at radius 1 is 1.44 bits per heavy atom. The molecule has 0 aromatic rings. The van der Waals surface area contributed by atoms with E-state index in [1.807, 2.05) is 0 Å². The first-order valence-corrected chi connectivity index (χ1v) is 5.29. The van der Waals surface area contributed by atoms with Gasteiger partial charge in [0.25, 0.3) is 0 Å². The molecule has 1 aliphatic carbocycles. The summed E-state index contributed by atoms with van der Waals surface area (Å²) >= 11 is 0. The molecule has 2 atom stereocenters. The second-order valence-corrected chi connectivity index (χ2v) is 4.37. The molecule has 3 nitrogen and oxygen atoms in total. The standard InChI is InChI=1S/C10H16F3NO2/c1-14(6-9(15)16)8-4-2-3-7(5-8)10(11,12)13/h7-8H,2-6H2,1H3,(H,15,16). The average Bonchev–Trinajstić information content (AvgIpc) is 2.15. The van der Waals surface area contributed by atoms with Crippen molar-refractivity contribution in [3.05, 3.63) is 0 Å². The van der Waals surface area contributed by atoms with Gasteiger partial charge in [0, 0.05) is 6.04 Å². The van der Waals surface area contributed by atoms with Crippen LogP contribution in [0.3, 0.4) is 0 Å². The van der Waals surface area contributed by atoms with Crippen molar-refractivity contribution in [1.82, 2.24) is 4.90 Å². The zero-order chi connectivity index (χ0) is 12.3. The van der Waals surface area contributed by atoms with Crippen molar-refractivity contribution in [3.63, 3.8) is 0 Å². The molecule has 0 saturated heterocycles. The Hall–Kier alpha value is -0.780. The number of hydrogen-bond acceptors (Lipinski definition) is 2. The summed E-state index contributed by atoms with van der Waals surface area (Å²) in [6.45, 7) is -0.199. The third-order valence-corrected chi connectivity index (χ3v) is 3.12. The van der Waals surface area contributed by atoms with Gasteiger partial charge in [-0.3, -0.25) is 9.69 Å². The number of carbonyl (C=O) groups is 1. The van der Waals surface area contributed by atoms with Crippen LogP contribution in [0.5, 0.6) is 0 Å². The van der Waals surface area contributed by atoms with E-state index in [1.54, 1.807) is 7.05 Å². The maximum atomic E-state index is 12.5. The molecule has 94 valence electrons. The van der Waals surface area contributed by atoms with Gasteiger partial charge in [-0.1, -0.05) is 6.42 Å². The Balaban J connectivity index is 2.53. The van der Waals surface area contributed by atoms with E-state index in [9.17, 15) is 18.0 Å². The van der Waals surface area contributed by atoms with Crippen molar-refractivity contribution < 1.29 is 23.1 Å². The van der Waals surface area contributed by atoms with E-state index in [2.05, 4.69) is 0 Å². The molecular formula is C10H16F3NO2. The number of halogens is 3. The van der Waals surface area contributed by atoms with Crippen LogP contribution in [0.2, 0.25) is 0 Å². The number of aliphatic carboxylic acids is 1. The molecule has 0 radical (unpaired) electrons. The largest absolute Gasteiger partial charge is 0.480 e. The number of carboxylic acids is 1. The molecule has 1 N–H and O–H groups in total. The molecule has 0 bridgehead atoms. The fraction of sp³-hybridized carbons (Fsp3) is 0.900. The van der Waals surface area contributed by atoms with Crippen molar-refractivity contribution >= 4 is 5.97 Å². The summed E-state index contributed by atoms with van der Waals surface area (Å²) in [5.74, 6) is -2.28. The van der Waals surface area contributed by atoms with E-state index >= 15 is 0 Å². The maximum Gasteiger partial charge on any atom is 0.391 e. The molecule has 1 rings (SSSR count). The third kappa shape index (κ3) is 3.66. The van der Waals surface area contributed by atoms with Crippen LogP contribution in [0.15, 0.2) is 0 Å². The maximum absolute atomic E-state index is 12.5. The van der Waals surface area contributed by atoms with E-state index in [4.69, 9.17) is 5.11 Å². The van der Waals surface area contributed by atoms with Crippen molar-refractivity contribution in [2.75, 3.05) is 13.6 Å². The third-order valence-electron chi connectivity index (χ3n) is 3.12. The summed E-state index contributed by atoms with van der Waals surface area (Å²) in [6, 6.07) is -0.267.